The third kappa shape index (κ3) is 5.07. The van der Waals surface area contributed by atoms with E-state index in [1.165, 1.54) is 13.2 Å². The van der Waals surface area contributed by atoms with Crippen LogP contribution < -0.4 is 9.47 Å². The third-order valence-electron chi connectivity index (χ3n) is 4.64. The Morgan fingerprint density at radius 1 is 1.12 bits per heavy atom. The highest BCUT2D eigenvalue weighted by Crippen LogP contribution is 2.38. The van der Waals surface area contributed by atoms with Crippen LogP contribution in [0.25, 0.3) is 6.08 Å². The van der Waals surface area contributed by atoms with Gasteiger partial charge in [0.2, 0.25) is 5.90 Å². The zero-order valence-corrected chi connectivity index (χ0v) is 19.4. The number of hydrogen-bond acceptors (Lipinski definition) is 5. The van der Waals surface area contributed by atoms with Crippen molar-refractivity contribution in [1.29, 1.82) is 0 Å². The number of ether oxygens (including phenoxy) is 3. The SMILES string of the molecule is COc1cc(/C=C2\N=C(c3cc(F)c(F)cc3Cl)OC2=O)cc(Br)c1OCc1ccccc1. The van der Waals surface area contributed by atoms with Crippen molar-refractivity contribution in [3.8, 4) is 11.5 Å². The van der Waals surface area contributed by atoms with E-state index in [4.69, 9.17) is 25.8 Å². The van der Waals surface area contributed by atoms with Crippen LogP contribution in [0, 0.1) is 11.6 Å². The normalized spacial score (nSPS) is 14.3. The van der Waals surface area contributed by atoms with Gasteiger partial charge in [-0.05, 0) is 57.4 Å². The van der Waals surface area contributed by atoms with E-state index >= 15 is 0 Å². The molecular weight excluding hydrogens is 520 g/mol. The van der Waals surface area contributed by atoms with Gasteiger partial charge >= 0.3 is 5.97 Å². The molecule has 0 saturated carbocycles. The molecule has 33 heavy (non-hydrogen) atoms. The van der Waals surface area contributed by atoms with Gasteiger partial charge in [-0.15, -0.1) is 0 Å². The molecule has 0 N–H and O–H groups in total. The smallest absolute Gasteiger partial charge is 0.363 e. The first-order valence-corrected chi connectivity index (χ1v) is 10.7. The van der Waals surface area contributed by atoms with Gasteiger partial charge in [0.05, 0.1) is 22.2 Å². The van der Waals surface area contributed by atoms with Gasteiger partial charge in [0, 0.05) is 0 Å². The number of aliphatic imine (C=N–C) groups is 1. The van der Waals surface area contributed by atoms with Crippen LogP contribution in [0.4, 0.5) is 8.78 Å². The van der Waals surface area contributed by atoms with Crippen LogP contribution in [-0.4, -0.2) is 19.0 Å². The lowest BCUT2D eigenvalue weighted by atomic mass is 10.1. The summed E-state index contributed by atoms with van der Waals surface area (Å²) >= 11 is 9.42. The van der Waals surface area contributed by atoms with Gasteiger partial charge < -0.3 is 14.2 Å². The minimum atomic E-state index is -1.13. The lowest BCUT2D eigenvalue weighted by molar-refractivity contribution is -0.129. The van der Waals surface area contributed by atoms with Crippen LogP contribution in [0.5, 0.6) is 11.5 Å². The Hall–Kier alpha value is -3.23. The molecular formula is C24H15BrClF2NO4. The number of nitrogens with zero attached hydrogens (tertiary/aromatic N) is 1. The Morgan fingerprint density at radius 3 is 2.58 bits per heavy atom. The van der Waals surface area contributed by atoms with Crippen LogP contribution in [-0.2, 0) is 16.1 Å². The number of esters is 1. The van der Waals surface area contributed by atoms with Gasteiger partial charge in [-0.3, -0.25) is 0 Å². The first-order chi connectivity index (χ1) is 15.9. The molecule has 0 radical (unpaired) electrons. The zero-order chi connectivity index (χ0) is 23.5. The van der Waals surface area contributed by atoms with Crippen molar-refractivity contribution in [2.24, 2.45) is 4.99 Å². The molecule has 0 spiro atoms. The van der Waals surface area contributed by atoms with Gasteiger partial charge in [-0.25, -0.2) is 18.6 Å². The molecule has 0 aliphatic carbocycles. The van der Waals surface area contributed by atoms with E-state index in [0.717, 1.165) is 17.7 Å². The van der Waals surface area contributed by atoms with Gasteiger partial charge in [-0.1, -0.05) is 41.9 Å². The Bertz CT molecular complexity index is 1300. The molecule has 5 nitrogen and oxygen atoms in total. The summed E-state index contributed by atoms with van der Waals surface area (Å²) in [5, 5.41) is -0.133. The fourth-order valence-corrected chi connectivity index (χ4v) is 3.87. The number of hydrogen-bond donors (Lipinski definition) is 0. The van der Waals surface area contributed by atoms with Crippen LogP contribution in [0.15, 0.2) is 69.8 Å². The van der Waals surface area contributed by atoms with Gasteiger partial charge in [0.15, 0.2) is 28.8 Å². The molecule has 1 aliphatic heterocycles. The maximum atomic E-state index is 13.6. The maximum absolute atomic E-state index is 13.6. The standard InChI is InChI=1S/C24H15BrClF2NO4/c1-31-21-9-14(7-16(25)22(21)32-12-13-5-3-2-4-6-13)8-20-24(30)33-23(29-20)15-10-18(27)19(28)11-17(15)26/h2-11H,12H2,1H3/b20-8-. The highest BCUT2D eigenvalue weighted by Gasteiger charge is 2.27. The summed E-state index contributed by atoms with van der Waals surface area (Å²) in [6, 6.07) is 14.7. The van der Waals surface area contributed by atoms with Crippen molar-refractivity contribution in [3.63, 3.8) is 0 Å². The van der Waals surface area contributed by atoms with Crippen molar-refractivity contribution >= 4 is 45.5 Å². The molecule has 1 heterocycles. The molecule has 0 atom stereocenters. The first-order valence-electron chi connectivity index (χ1n) is 9.57. The second kappa shape index (κ2) is 9.72. The highest BCUT2D eigenvalue weighted by molar-refractivity contribution is 9.10. The van der Waals surface area contributed by atoms with E-state index in [2.05, 4.69) is 20.9 Å². The Balaban J connectivity index is 1.62. The number of halogens is 4. The van der Waals surface area contributed by atoms with Crippen molar-refractivity contribution in [2.45, 2.75) is 6.61 Å². The average molecular weight is 535 g/mol. The lowest BCUT2D eigenvalue weighted by Crippen LogP contribution is -2.07. The second-order valence-electron chi connectivity index (χ2n) is 6.89. The Kier molecular flexibility index (Phi) is 6.76. The average Bonchev–Trinajstić information content (AvgIpc) is 3.15. The molecule has 0 aromatic heterocycles. The Morgan fingerprint density at radius 2 is 1.85 bits per heavy atom. The van der Waals surface area contributed by atoms with Gasteiger partial charge in [0.25, 0.3) is 0 Å². The number of carbonyl (C=O) groups is 1. The maximum Gasteiger partial charge on any atom is 0.363 e. The molecule has 0 bridgehead atoms. The summed E-state index contributed by atoms with van der Waals surface area (Å²) in [6.45, 7) is 0.338. The summed E-state index contributed by atoms with van der Waals surface area (Å²) in [6.07, 6.45) is 1.47. The summed E-state index contributed by atoms with van der Waals surface area (Å²) in [5.74, 6) is -2.29. The number of rotatable bonds is 6. The molecule has 0 saturated heterocycles. The Labute approximate surface area is 201 Å². The third-order valence-corrected chi connectivity index (χ3v) is 5.54. The monoisotopic (exact) mass is 533 g/mol. The fourth-order valence-electron chi connectivity index (χ4n) is 3.06. The van der Waals surface area contributed by atoms with E-state index in [-0.39, 0.29) is 22.2 Å². The summed E-state index contributed by atoms with van der Waals surface area (Å²) in [7, 11) is 1.50. The minimum Gasteiger partial charge on any atom is -0.493 e. The fraction of sp³-hybridized carbons (Fsp3) is 0.0833. The number of carbonyl (C=O) groups excluding carboxylic acids is 1. The first kappa shape index (κ1) is 22.9. The quantitative estimate of drug-likeness (QED) is 0.211. The van der Waals surface area contributed by atoms with Gasteiger partial charge in [0.1, 0.15) is 6.61 Å². The van der Waals surface area contributed by atoms with Crippen molar-refractivity contribution in [1.82, 2.24) is 0 Å². The molecule has 3 aromatic rings. The number of benzene rings is 3. The highest BCUT2D eigenvalue weighted by atomic mass is 79.9. The van der Waals surface area contributed by atoms with Crippen LogP contribution in [0.1, 0.15) is 16.7 Å². The predicted octanol–water partition coefficient (Wildman–Crippen LogP) is 6.31. The molecule has 1 aliphatic rings. The number of cyclic esters (lactones) is 1. The second-order valence-corrected chi connectivity index (χ2v) is 8.15. The zero-order valence-electron chi connectivity index (χ0n) is 17.1. The molecule has 0 fully saturated rings. The lowest BCUT2D eigenvalue weighted by Gasteiger charge is -2.13. The van der Waals surface area contributed by atoms with Crippen molar-refractivity contribution in [2.75, 3.05) is 7.11 Å². The molecule has 4 rings (SSSR count). The molecule has 9 heteroatoms. The largest absolute Gasteiger partial charge is 0.493 e. The summed E-state index contributed by atoms with van der Waals surface area (Å²) in [5.41, 5.74) is 1.48. The topological polar surface area (TPSA) is 57.1 Å². The van der Waals surface area contributed by atoms with E-state index in [1.54, 1.807) is 12.1 Å². The predicted molar refractivity (Wildman–Crippen MR) is 123 cm³/mol. The van der Waals surface area contributed by atoms with E-state index in [0.29, 0.717) is 28.1 Å². The minimum absolute atomic E-state index is 0.0317. The van der Waals surface area contributed by atoms with Crippen LogP contribution in [0.3, 0.4) is 0 Å². The van der Waals surface area contributed by atoms with E-state index in [1.807, 2.05) is 30.3 Å². The molecule has 3 aromatic carbocycles. The summed E-state index contributed by atoms with van der Waals surface area (Å²) in [4.78, 5) is 16.4. The molecule has 0 unspecified atom stereocenters. The van der Waals surface area contributed by atoms with Crippen LogP contribution >= 0.6 is 27.5 Å². The number of methoxy groups -OCH3 is 1. The van der Waals surface area contributed by atoms with E-state index < -0.39 is 17.6 Å². The van der Waals surface area contributed by atoms with E-state index in [9.17, 15) is 13.6 Å². The molecule has 168 valence electrons. The van der Waals surface area contributed by atoms with Crippen molar-refractivity contribution < 1.29 is 27.8 Å². The molecule has 0 amide bonds. The van der Waals surface area contributed by atoms with Crippen LogP contribution in [0.2, 0.25) is 5.02 Å². The summed E-state index contributed by atoms with van der Waals surface area (Å²) < 4.78 is 44.0. The van der Waals surface area contributed by atoms with Gasteiger partial charge in [-0.2, -0.15) is 0 Å². The van der Waals surface area contributed by atoms with Crippen molar-refractivity contribution in [3.05, 3.63) is 98.1 Å².